The van der Waals surface area contributed by atoms with Crippen LogP contribution in [0.1, 0.15) is 21.6 Å². The molecule has 0 saturated carbocycles. The van der Waals surface area contributed by atoms with E-state index in [1.807, 2.05) is 0 Å². The molecule has 1 saturated heterocycles. The van der Waals surface area contributed by atoms with Crippen molar-refractivity contribution in [1.29, 1.82) is 0 Å². The molecule has 0 bridgehead atoms. The number of thiazole rings is 1. The number of fused-ring (bicyclic) bond motifs is 3. The summed E-state index contributed by atoms with van der Waals surface area (Å²) in [4.78, 5) is 6.20. The molecule has 5 heteroatoms. The minimum Gasteiger partial charge on any atom is -0.368 e. The van der Waals surface area contributed by atoms with Crippen molar-refractivity contribution in [3.05, 3.63) is 38.1 Å². The van der Waals surface area contributed by atoms with Crippen molar-refractivity contribution in [3.63, 3.8) is 0 Å². The highest BCUT2D eigenvalue weighted by Gasteiger charge is 2.27. The molecule has 1 aliphatic heterocycles. The maximum atomic E-state index is 5.79. The third kappa shape index (κ3) is 2.05. The molecule has 1 N–H and O–H groups in total. The standard InChI is InChI=1S/C14H13BrN2OS/c15-9-1-2-10-8(5-9)6-12-13(10)17-14(19-12)11-7-16-3-4-18-11/h1-2,5,11,16H,3-4,6-7H2. The number of ether oxygens (including phenoxy) is 1. The van der Waals surface area contributed by atoms with Gasteiger partial charge < -0.3 is 10.1 Å². The first-order chi connectivity index (χ1) is 9.31. The summed E-state index contributed by atoms with van der Waals surface area (Å²) in [6.45, 7) is 2.59. The Kier molecular flexibility index (Phi) is 2.95. The smallest absolute Gasteiger partial charge is 0.124 e. The molecule has 2 aromatic rings. The van der Waals surface area contributed by atoms with Gasteiger partial charge in [0.15, 0.2) is 0 Å². The second-order valence-electron chi connectivity index (χ2n) is 4.87. The second-order valence-corrected chi connectivity index (χ2v) is 6.90. The fourth-order valence-corrected chi connectivity index (χ4v) is 4.24. The van der Waals surface area contributed by atoms with E-state index in [4.69, 9.17) is 9.72 Å². The number of nitrogens with zero attached hydrogens (tertiary/aromatic N) is 1. The van der Waals surface area contributed by atoms with Gasteiger partial charge in [0, 0.05) is 34.4 Å². The van der Waals surface area contributed by atoms with Crippen LogP contribution in [0.3, 0.4) is 0 Å². The molecular formula is C14H13BrN2OS. The van der Waals surface area contributed by atoms with Crippen LogP contribution >= 0.6 is 27.3 Å². The van der Waals surface area contributed by atoms with Crippen LogP contribution in [-0.2, 0) is 11.2 Å². The molecule has 1 unspecified atom stereocenters. The van der Waals surface area contributed by atoms with Crippen LogP contribution in [0.4, 0.5) is 0 Å². The summed E-state index contributed by atoms with van der Waals surface area (Å²) >= 11 is 5.33. The van der Waals surface area contributed by atoms with Gasteiger partial charge in [-0.1, -0.05) is 22.0 Å². The van der Waals surface area contributed by atoms with Crippen LogP contribution in [0, 0.1) is 0 Å². The van der Waals surface area contributed by atoms with Gasteiger partial charge in [0.25, 0.3) is 0 Å². The molecular weight excluding hydrogens is 324 g/mol. The topological polar surface area (TPSA) is 34.1 Å². The number of nitrogens with one attached hydrogen (secondary N) is 1. The van der Waals surface area contributed by atoms with Gasteiger partial charge in [-0.05, 0) is 17.7 Å². The number of morpholine rings is 1. The van der Waals surface area contributed by atoms with Crippen LogP contribution in [0.2, 0.25) is 0 Å². The molecule has 1 fully saturated rings. The fourth-order valence-electron chi connectivity index (χ4n) is 2.67. The Morgan fingerprint density at radius 2 is 2.37 bits per heavy atom. The molecule has 2 heterocycles. The molecule has 0 radical (unpaired) electrons. The summed E-state index contributed by atoms with van der Waals surface area (Å²) in [5, 5.41) is 4.48. The van der Waals surface area contributed by atoms with Gasteiger partial charge in [-0.3, -0.25) is 0 Å². The van der Waals surface area contributed by atoms with Gasteiger partial charge >= 0.3 is 0 Å². The first-order valence-corrected chi connectivity index (χ1v) is 8.03. The molecule has 0 spiro atoms. The summed E-state index contributed by atoms with van der Waals surface area (Å²) in [7, 11) is 0. The lowest BCUT2D eigenvalue weighted by Gasteiger charge is -2.21. The third-order valence-electron chi connectivity index (χ3n) is 3.59. The van der Waals surface area contributed by atoms with Crippen LogP contribution in [-0.4, -0.2) is 24.7 Å². The Labute approximate surface area is 124 Å². The van der Waals surface area contributed by atoms with E-state index in [2.05, 4.69) is 39.4 Å². The number of hydrogen-bond acceptors (Lipinski definition) is 4. The van der Waals surface area contributed by atoms with Gasteiger partial charge in [-0.25, -0.2) is 4.98 Å². The average molecular weight is 337 g/mol. The maximum Gasteiger partial charge on any atom is 0.124 e. The van der Waals surface area contributed by atoms with E-state index in [9.17, 15) is 0 Å². The third-order valence-corrected chi connectivity index (χ3v) is 5.23. The van der Waals surface area contributed by atoms with E-state index < -0.39 is 0 Å². The van der Waals surface area contributed by atoms with Crippen LogP contribution in [0.25, 0.3) is 11.3 Å². The summed E-state index contributed by atoms with van der Waals surface area (Å²) in [5.41, 5.74) is 3.82. The molecule has 4 rings (SSSR count). The minimum absolute atomic E-state index is 0.128. The Morgan fingerprint density at radius 3 is 3.21 bits per heavy atom. The highest BCUT2D eigenvalue weighted by molar-refractivity contribution is 9.10. The predicted molar refractivity (Wildman–Crippen MR) is 79.6 cm³/mol. The summed E-state index contributed by atoms with van der Waals surface area (Å²) in [6.07, 6.45) is 1.13. The molecule has 1 aromatic heterocycles. The van der Waals surface area contributed by atoms with Gasteiger partial charge in [-0.2, -0.15) is 0 Å². The Bertz CT molecular complexity index is 634. The van der Waals surface area contributed by atoms with Crippen molar-refractivity contribution >= 4 is 27.3 Å². The predicted octanol–water partition coefficient (Wildman–Crippen LogP) is 3.14. The van der Waals surface area contributed by atoms with Crippen molar-refractivity contribution in [1.82, 2.24) is 10.3 Å². The van der Waals surface area contributed by atoms with Crippen molar-refractivity contribution in [2.45, 2.75) is 12.5 Å². The fraction of sp³-hybridized carbons (Fsp3) is 0.357. The van der Waals surface area contributed by atoms with E-state index in [0.29, 0.717) is 0 Å². The van der Waals surface area contributed by atoms with Crippen molar-refractivity contribution in [2.24, 2.45) is 0 Å². The molecule has 2 aliphatic rings. The van der Waals surface area contributed by atoms with E-state index >= 15 is 0 Å². The molecule has 98 valence electrons. The van der Waals surface area contributed by atoms with E-state index in [0.717, 1.165) is 41.3 Å². The number of hydrogen-bond donors (Lipinski definition) is 1. The monoisotopic (exact) mass is 336 g/mol. The first kappa shape index (κ1) is 12.0. The number of halogens is 1. The van der Waals surface area contributed by atoms with Gasteiger partial charge in [-0.15, -0.1) is 11.3 Å². The van der Waals surface area contributed by atoms with Crippen LogP contribution in [0.15, 0.2) is 22.7 Å². The molecule has 1 atom stereocenters. The van der Waals surface area contributed by atoms with Crippen LogP contribution < -0.4 is 5.32 Å². The molecule has 1 aliphatic carbocycles. The Balaban J connectivity index is 1.71. The molecule has 19 heavy (non-hydrogen) atoms. The molecule has 3 nitrogen and oxygen atoms in total. The van der Waals surface area contributed by atoms with Crippen molar-refractivity contribution in [3.8, 4) is 11.3 Å². The highest BCUT2D eigenvalue weighted by Crippen LogP contribution is 2.42. The lowest BCUT2D eigenvalue weighted by Crippen LogP contribution is -2.33. The summed E-state index contributed by atoms with van der Waals surface area (Å²) in [6, 6.07) is 6.45. The SMILES string of the molecule is Brc1ccc2c(c1)Cc1sc(C3CNCCO3)nc1-2. The van der Waals surface area contributed by atoms with Crippen molar-refractivity contribution in [2.75, 3.05) is 19.7 Å². The van der Waals surface area contributed by atoms with E-state index in [1.165, 1.54) is 16.0 Å². The lowest BCUT2D eigenvalue weighted by molar-refractivity contribution is 0.0276. The van der Waals surface area contributed by atoms with Gasteiger partial charge in [0.2, 0.25) is 0 Å². The van der Waals surface area contributed by atoms with Gasteiger partial charge in [0.05, 0.1) is 12.3 Å². The van der Waals surface area contributed by atoms with Crippen molar-refractivity contribution < 1.29 is 4.74 Å². The zero-order valence-electron chi connectivity index (χ0n) is 10.3. The van der Waals surface area contributed by atoms with Crippen LogP contribution in [0.5, 0.6) is 0 Å². The van der Waals surface area contributed by atoms with Gasteiger partial charge in [0.1, 0.15) is 11.1 Å². The molecule has 1 aromatic carbocycles. The highest BCUT2D eigenvalue weighted by atomic mass is 79.9. The van der Waals surface area contributed by atoms with E-state index in [1.54, 1.807) is 11.3 Å². The maximum absolute atomic E-state index is 5.79. The summed E-state index contributed by atoms with van der Waals surface area (Å²) < 4.78 is 6.93. The zero-order chi connectivity index (χ0) is 12.8. The Morgan fingerprint density at radius 1 is 1.42 bits per heavy atom. The molecule has 0 amide bonds. The number of benzene rings is 1. The normalized spacial score (nSPS) is 21.2. The number of rotatable bonds is 1. The lowest BCUT2D eigenvalue weighted by atomic mass is 10.1. The summed E-state index contributed by atoms with van der Waals surface area (Å²) in [5.74, 6) is 0. The first-order valence-electron chi connectivity index (χ1n) is 6.42. The van der Waals surface area contributed by atoms with E-state index in [-0.39, 0.29) is 6.10 Å². The minimum atomic E-state index is 0.128. The average Bonchev–Trinajstić information content (AvgIpc) is 2.96. The number of aromatic nitrogens is 1. The largest absolute Gasteiger partial charge is 0.368 e. The zero-order valence-corrected chi connectivity index (χ0v) is 12.7. The second kappa shape index (κ2) is 4.66. The Hall–Kier alpha value is -0.750. The quantitative estimate of drug-likeness (QED) is 0.741.